The van der Waals surface area contributed by atoms with Crippen LogP contribution in [0, 0.1) is 0 Å². The molecule has 0 saturated carbocycles. The number of hydrogen-bond donors (Lipinski definition) is 0. The van der Waals surface area contributed by atoms with Gasteiger partial charge in [0.2, 0.25) is 0 Å². The van der Waals surface area contributed by atoms with Gasteiger partial charge in [0, 0.05) is 5.02 Å². The minimum Gasteiger partial charge on any atom is -0.519 e. The summed E-state index contributed by atoms with van der Waals surface area (Å²) in [5.74, 6) is -0.207. The molecular formula is C7H4BCl3F3O-. The molecule has 0 radical (unpaired) electrons. The number of ether oxygens (including phenoxy) is 1. The summed E-state index contributed by atoms with van der Waals surface area (Å²) >= 11 is 16.8. The minimum atomic E-state index is -5.04. The third-order valence-electron chi connectivity index (χ3n) is 1.38. The van der Waals surface area contributed by atoms with Crippen molar-refractivity contribution in [1.29, 1.82) is 0 Å². The molecule has 0 heterocycles. The molecule has 0 atom stereocenters. The van der Waals surface area contributed by atoms with Crippen molar-refractivity contribution in [3.8, 4) is 5.75 Å². The SMILES string of the molecule is F[B-](F)(F)COc1c(Cl)cc(Cl)cc1Cl. The number of benzene rings is 1. The molecular weight excluding hydrogens is 274 g/mol. The fourth-order valence-corrected chi connectivity index (χ4v) is 1.77. The van der Waals surface area contributed by atoms with E-state index in [-0.39, 0.29) is 20.8 Å². The lowest BCUT2D eigenvalue weighted by Gasteiger charge is -2.16. The van der Waals surface area contributed by atoms with E-state index >= 15 is 0 Å². The molecule has 1 aromatic carbocycles. The Balaban J connectivity index is 2.86. The van der Waals surface area contributed by atoms with Crippen LogP contribution in [0.25, 0.3) is 0 Å². The maximum Gasteiger partial charge on any atom is 0.515 e. The van der Waals surface area contributed by atoms with E-state index < -0.39 is 13.5 Å². The van der Waals surface area contributed by atoms with E-state index in [1.165, 1.54) is 12.1 Å². The second-order valence-corrected chi connectivity index (χ2v) is 3.97. The zero-order valence-corrected chi connectivity index (χ0v) is 9.38. The van der Waals surface area contributed by atoms with Gasteiger partial charge in [-0.05, 0) is 12.1 Å². The third-order valence-corrected chi connectivity index (χ3v) is 2.16. The Hall–Kier alpha value is -0.255. The predicted molar refractivity (Wildman–Crippen MR) is 56.0 cm³/mol. The predicted octanol–water partition coefficient (Wildman–Crippen LogP) is 4.41. The van der Waals surface area contributed by atoms with Gasteiger partial charge in [0.1, 0.15) is 0 Å². The summed E-state index contributed by atoms with van der Waals surface area (Å²) in [4.78, 5) is 0. The van der Waals surface area contributed by atoms with Crippen molar-refractivity contribution in [3.05, 3.63) is 27.2 Å². The van der Waals surface area contributed by atoms with Crippen LogP contribution in [0.1, 0.15) is 0 Å². The van der Waals surface area contributed by atoms with Gasteiger partial charge in [-0.25, -0.2) is 0 Å². The highest BCUT2D eigenvalue weighted by molar-refractivity contribution is 6.58. The first-order chi connectivity index (χ1) is 6.79. The van der Waals surface area contributed by atoms with Crippen LogP contribution >= 0.6 is 34.8 Å². The first kappa shape index (κ1) is 12.8. The van der Waals surface area contributed by atoms with Crippen molar-refractivity contribution >= 4 is 41.8 Å². The van der Waals surface area contributed by atoms with Gasteiger partial charge >= 0.3 is 6.98 Å². The summed E-state index contributed by atoms with van der Waals surface area (Å²) in [5.41, 5.74) is 0. The van der Waals surface area contributed by atoms with Gasteiger partial charge < -0.3 is 17.7 Å². The molecule has 0 N–H and O–H groups in total. The average molecular weight is 278 g/mol. The quantitative estimate of drug-likeness (QED) is 0.744. The van der Waals surface area contributed by atoms with E-state index in [9.17, 15) is 12.9 Å². The Morgan fingerprint density at radius 3 is 1.93 bits per heavy atom. The summed E-state index contributed by atoms with van der Waals surface area (Å²) in [6, 6.07) is 2.52. The van der Waals surface area contributed by atoms with Crippen molar-refractivity contribution in [2.75, 3.05) is 6.51 Å². The summed E-state index contributed by atoms with van der Waals surface area (Å²) in [6.07, 6.45) is 0. The van der Waals surface area contributed by atoms with Gasteiger partial charge in [-0.3, -0.25) is 0 Å². The molecule has 0 aliphatic rings. The second kappa shape index (κ2) is 4.72. The van der Waals surface area contributed by atoms with Crippen LogP contribution in [0.5, 0.6) is 5.75 Å². The van der Waals surface area contributed by atoms with Crippen LogP contribution in [-0.2, 0) is 0 Å². The van der Waals surface area contributed by atoms with Crippen LogP contribution in [0.15, 0.2) is 12.1 Å². The zero-order chi connectivity index (χ0) is 11.6. The standard InChI is InChI=1S/C7H4BCl3F3O/c9-4-1-5(10)7(6(11)2-4)15-3-8(12,13)14/h1-2H,3H2/q-1. The molecule has 1 nitrogen and oxygen atoms in total. The molecule has 0 aliphatic carbocycles. The van der Waals surface area contributed by atoms with Crippen molar-refractivity contribution in [2.45, 2.75) is 0 Å². The molecule has 15 heavy (non-hydrogen) atoms. The van der Waals surface area contributed by atoms with E-state index in [1.807, 2.05) is 0 Å². The van der Waals surface area contributed by atoms with E-state index in [1.54, 1.807) is 0 Å². The fourth-order valence-electron chi connectivity index (χ4n) is 0.845. The van der Waals surface area contributed by atoms with Gasteiger partial charge in [-0.2, -0.15) is 0 Å². The Labute approximate surface area is 99.1 Å². The average Bonchev–Trinajstić information content (AvgIpc) is 1.99. The highest BCUT2D eigenvalue weighted by atomic mass is 35.5. The summed E-state index contributed by atoms with van der Waals surface area (Å²) < 4.78 is 40.2. The van der Waals surface area contributed by atoms with Crippen LogP contribution in [0.3, 0.4) is 0 Å². The molecule has 0 aromatic heterocycles. The van der Waals surface area contributed by atoms with Crippen molar-refractivity contribution in [3.63, 3.8) is 0 Å². The molecule has 0 amide bonds. The molecule has 0 unspecified atom stereocenters. The Morgan fingerprint density at radius 1 is 1.07 bits per heavy atom. The van der Waals surface area contributed by atoms with E-state index in [4.69, 9.17) is 34.8 Å². The highest BCUT2D eigenvalue weighted by Crippen LogP contribution is 2.36. The molecule has 8 heteroatoms. The Kier molecular flexibility index (Phi) is 4.03. The van der Waals surface area contributed by atoms with Crippen LogP contribution in [0.2, 0.25) is 15.1 Å². The van der Waals surface area contributed by atoms with Crippen molar-refractivity contribution in [2.24, 2.45) is 0 Å². The lowest BCUT2D eigenvalue weighted by molar-refractivity contribution is 0.313. The molecule has 1 rings (SSSR count). The van der Waals surface area contributed by atoms with Crippen LogP contribution in [-0.4, -0.2) is 13.5 Å². The van der Waals surface area contributed by atoms with Crippen LogP contribution in [0.4, 0.5) is 12.9 Å². The topological polar surface area (TPSA) is 9.23 Å². The van der Waals surface area contributed by atoms with E-state index in [0.29, 0.717) is 0 Å². The molecule has 84 valence electrons. The van der Waals surface area contributed by atoms with Crippen LogP contribution < -0.4 is 4.74 Å². The van der Waals surface area contributed by atoms with Gasteiger partial charge in [0.25, 0.3) is 0 Å². The second-order valence-electron chi connectivity index (χ2n) is 2.72. The van der Waals surface area contributed by atoms with E-state index in [0.717, 1.165) is 0 Å². The number of rotatable bonds is 3. The maximum atomic E-state index is 11.9. The van der Waals surface area contributed by atoms with Gasteiger partial charge in [-0.1, -0.05) is 34.8 Å². The molecule has 0 aliphatic heterocycles. The van der Waals surface area contributed by atoms with Crippen molar-refractivity contribution in [1.82, 2.24) is 0 Å². The number of halogens is 6. The minimum absolute atomic E-state index is 0.0486. The van der Waals surface area contributed by atoms with E-state index in [2.05, 4.69) is 4.74 Å². The first-order valence-electron chi connectivity index (χ1n) is 3.78. The summed E-state index contributed by atoms with van der Waals surface area (Å²) in [7, 11) is 0. The number of hydrogen-bond acceptors (Lipinski definition) is 1. The third kappa shape index (κ3) is 4.01. The summed E-state index contributed by atoms with van der Waals surface area (Å²) in [6.45, 7) is -6.43. The highest BCUT2D eigenvalue weighted by Gasteiger charge is 2.25. The Bertz CT molecular complexity index is 346. The van der Waals surface area contributed by atoms with Crippen molar-refractivity contribution < 1.29 is 17.7 Å². The lowest BCUT2D eigenvalue weighted by atomic mass is 9.95. The fraction of sp³-hybridized carbons (Fsp3) is 0.143. The maximum absolute atomic E-state index is 11.9. The first-order valence-corrected chi connectivity index (χ1v) is 4.91. The molecule has 0 saturated heterocycles. The summed E-state index contributed by atoms with van der Waals surface area (Å²) in [5, 5.41) is 0.134. The molecule has 0 spiro atoms. The van der Waals surface area contributed by atoms with Gasteiger partial charge in [0.05, 0.1) is 16.6 Å². The lowest BCUT2D eigenvalue weighted by Crippen LogP contribution is -2.26. The van der Waals surface area contributed by atoms with Gasteiger partial charge in [-0.15, -0.1) is 0 Å². The smallest absolute Gasteiger partial charge is 0.515 e. The van der Waals surface area contributed by atoms with Gasteiger partial charge in [0.15, 0.2) is 5.75 Å². The monoisotopic (exact) mass is 277 g/mol. The molecule has 0 bridgehead atoms. The molecule has 1 aromatic rings. The zero-order valence-electron chi connectivity index (χ0n) is 7.12. The largest absolute Gasteiger partial charge is 0.519 e. The normalized spacial score (nSPS) is 11.6. The molecule has 0 fully saturated rings. The Morgan fingerprint density at radius 2 is 1.53 bits per heavy atom.